The molecule has 0 aliphatic rings. The molecule has 0 unspecified atom stereocenters. The van der Waals surface area contributed by atoms with Gasteiger partial charge in [-0.1, -0.05) is 64.7 Å². The van der Waals surface area contributed by atoms with Crippen LogP contribution in [0.25, 0.3) is 0 Å². The molecule has 3 heteroatoms. The van der Waals surface area contributed by atoms with Crippen molar-refractivity contribution in [3.05, 3.63) is 24.3 Å². The molecule has 0 spiro atoms. The minimum atomic E-state index is 0.719. The van der Waals surface area contributed by atoms with Crippen molar-refractivity contribution < 1.29 is 8.92 Å². The first-order valence-corrected chi connectivity index (χ1v) is 9.63. The monoisotopic (exact) mass is 323 g/mol. The Kier molecular flexibility index (Phi) is 12.1. The van der Waals surface area contributed by atoms with E-state index in [4.69, 9.17) is 8.92 Å². The summed E-state index contributed by atoms with van der Waals surface area (Å²) in [5.74, 6) is 2.61. The molecule has 0 saturated heterocycles. The van der Waals surface area contributed by atoms with E-state index in [1.54, 1.807) is 7.11 Å². The molecule has 0 heterocycles. The summed E-state index contributed by atoms with van der Waals surface area (Å²) in [5.41, 5.74) is 0. The maximum absolute atomic E-state index is 5.65. The standard InChI is InChI=1S/C19H31O2S/c1-3-4-5-6-7-8-9-10-11-12-16-22-21-19-15-13-14-18(17-19)20-2/h13,15,17H,3-12,16H2,1-2H3. The molecule has 0 aliphatic heterocycles. The third-order valence-electron chi connectivity index (χ3n) is 3.70. The number of rotatable bonds is 14. The molecule has 1 radical (unpaired) electrons. The van der Waals surface area contributed by atoms with Crippen LogP contribution in [0.5, 0.6) is 11.5 Å². The summed E-state index contributed by atoms with van der Waals surface area (Å²) < 4.78 is 10.8. The molecule has 0 saturated carbocycles. The SMILES string of the molecule is CCCCCCCCCCCCSOc1cc[c]c(OC)c1. The van der Waals surface area contributed by atoms with Gasteiger partial charge in [0.2, 0.25) is 0 Å². The zero-order valence-corrected chi connectivity index (χ0v) is 15.1. The lowest BCUT2D eigenvalue weighted by Crippen LogP contribution is -1.88. The van der Waals surface area contributed by atoms with E-state index in [1.807, 2.05) is 18.2 Å². The molecule has 0 aliphatic carbocycles. The average Bonchev–Trinajstić information content (AvgIpc) is 2.56. The molecule has 0 N–H and O–H groups in total. The van der Waals surface area contributed by atoms with Crippen LogP contribution >= 0.6 is 12.0 Å². The number of hydrogen-bond donors (Lipinski definition) is 0. The fraction of sp³-hybridized carbons (Fsp3) is 0.684. The fourth-order valence-corrected chi connectivity index (χ4v) is 3.00. The molecule has 1 aromatic rings. The zero-order valence-electron chi connectivity index (χ0n) is 14.2. The van der Waals surface area contributed by atoms with E-state index in [9.17, 15) is 0 Å². The van der Waals surface area contributed by atoms with Gasteiger partial charge in [0, 0.05) is 17.9 Å². The van der Waals surface area contributed by atoms with Crippen LogP contribution in [-0.2, 0) is 0 Å². The minimum absolute atomic E-state index is 0.719. The Morgan fingerprint density at radius 2 is 1.59 bits per heavy atom. The van der Waals surface area contributed by atoms with Crippen LogP contribution in [0.4, 0.5) is 0 Å². The molecular formula is C19H31O2S. The van der Waals surface area contributed by atoms with E-state index in [1.165, 1.54) is 76.3 Å². The minimum Gasteiger partial charge on any atom is -0.496 e. The van der Waals surface area contributed by atoms with Crippen molar-refractivity contribution in [3.63, 3.8) is 0 Å². The van der Waals surface area contributed by atoms with Gasteiger partial charge in [-0.05, 0) is 18.6 Å². The topological polar surface area (TPSA) is 18.5 Å². The molecule has 0 aromatic heterocycles. The van der Waals surface area contributed by atoms with Crippen LogP contribution in [0.2, 0.25) is 0 Å². The Balaban J connectivity index is 1.87. The number of hydrogen-bond acceptors (Lipinski definition) is 3. The van der Waals surface area contributed by atoms with Gasteiger partial charge in [0.25, 0.3) is 0 Å². The largest absolute Gasteiger partial charge is 0.496 e. The van der Waals surface area contributed by atoms with Crippen molar-refractivity contribution in [2.75, 3.05) is 12.9 Å². The van der Waals surface area contributed by atoms with Crippen LogP contribution < -0.4 is 8.92 Å². The third kappa shape index (κ3) is 9.99. The molecular weight excluding hydrogens is 292 g/mol. The smallest absolute Gasteiger partial charge is 0.141 e. The van der Waals surface area contributed by atoms with E-state index in [2.05, 4.69) is 13.0 Å². The van der Waals surface area contributed by atoms with Crippen LogP contribution in [0, 0.1) is 6.07 Å². The molecule has 0 bridgehead atoms. The Bertz CT molecular complexity index is 368. The van der Waals surface area contributed by atoms with E-state index in [-0.39, 0.29) is 0 Å². The van der Waals surface area contributed by atoms with Crippen molar-refractivity contribution in [2.45, 2.75) is 71.1 Å². The highest BCUT2D eigenvalue weighted by molar-refractivity contribution is 7.95. The summed E-state index contributed by atoms with van der Waals surface area (Å²) in [5, 5.41) is 0. The number of methoxy groups -OCH3 is 1. The lowest BCUT2D eigenvalue weighted by Gasteiger charge is -2.05. The van der Waals surface area contributed by atoms with E-state index in [0.29, 0.717) is 0 Å². The Labute approximate surface area is 141 Å². The highest BCUT2D eigenvalue weighted by atomic mass is 32.2. The van der Waals surface area contributed by atoms with Crippen molar-refractivity contribution >= 4 is 12.0 Å². The van der Waals surface area contributed by atoms with Crippen LogP contribution in [0.1, 0.15) is 71.1 Å². The summed E-state index contributed by atoms with van der Waals surface area (Å²) >= 11 is 1.53. The first-order chi connectivity index (χ1) is 10.9. The summed E-state index contributed by atoms with van der Waals surface area (Å²) in [6.07, 6.45) is 13.7. The van der Waals surface area contributed by atoms with Gasteiger partial charge >= 0.3 is 0 Å². The highest BCUT2D eigenvalue weighted by Crippen LogP contribution is 2.22. The molecule has 0 atom stereocenters. The molecule has 125 valence electrons. The third-order valence-corrected chi connectivity index (χ3v) is 4.47. The normalized spacial score (nSPS) is 10.6. The molecule has 1 rings (SSSR count). The van der Waals surface area contributed by atoms with Crippen molar-refractivity contribution in [2.24, 2.45) is 0 Å². The summed E-state index contributed by atoms with van der Waals surface area (Å²) in [7, 11) is 1.65. The first-order valence-electron chi connectivity index (χ1n) is 8.72. The second-order valence-corrected chi connectivity index (χ2v) is 6.49. The van der Waals surface area contributed by atoms with Crippen LogP contribution in [0.15, 0.2) is 18.2 Å². The quantitative estimate of drug-likeness (QED) is 0.290. The van der Waals surface area contributed by atoms with E-state index < -0.39 is 0 Å². The Hall–Kier alpha value is -0.830. The Morgan fingerprint density at radius 3 is 2.23 bits per heavy atom. The van der Waals surface area contributed by atoms with Gasteiger partial charge in [0.05, 0.1) is 19.2 Å². The lowest BCUT2D eigenvalue weighted by atomic mass is 10.1. The van der Waals surface area contributed by atoms with E-state index in [0.717, 1.165) is 17.3 Å². The van der Waals surface area contributed by atoms with Gasteiger partial charge in [0.15, 0.2) is 0 Å². The van der Waals surface area contributed by atoms with Gasteiger partial charge in [-0.3, -0.25) is 0 Å². The van der Waals surface area contributed by atoms with E-state index >= 15 is 0 Å². The van der Waals surface area contributed by atoms with Crippen LogP contribution in [0.3, 0.4) is 0 Å². The molecule has 1 aromatic carbocycles. The predicted octanol–water partition coefficient (Wildman–Crippen LogP) is 6.44. The molecule has 22 heavy (non-hydrogen) atoms. The lowest BCUT2D eigenvalue weighted by molar-refractivity contribution is 0.412. The number of ether oxygens (including phenoxy) is 1. The van der Waals surface area contributed by atoms with Gasteiger partial charge in [-0.25, -0.2) is 0 Å². The van der Waals surface area contributed by atoms with Gasteiger partial charge in [0.1, 0.15) is 11.5 Å². The summed E-state index contributed by atoms with van der Waals surface area (Å²) in [4.78, 5) is 0. The van der Waals surface area contributed by atoms with Gasteiger partial charge in [-0.15, -0.1) is 0 Å². The summed E-state index contributed by atoms with van der Waals surface area (Å²) in [6, 6.07) is 8.60. The average molecular weight is 324 g/mol. The van der Waals surface area contributed by atoms with Gasteiger partial charge in [-0.2, -0.15) is 0 Å². The van der Waals surface area contributed by atoms with Gasteiger partial charge < -0.3 is 8.92 Å². The second kappa shape index (κ2) is 13.8. The fourth-order valence-electron chi connectivity index (χ4n) is 2.35. The predicted molar refractivity (Wildman–Crippen MR) is 96.8 cm³/mol. The van der Waals surface area contributed by atoms with Crippen molar-refractivity contribution in [1.82, 2.24) is 0 Å². The Morgan fingerprint density at radius 1 is 0.955 bits per heavy atom. The second-order valence-electron chi connectivity index (χ2n) is 5.68. The highest BCUT2D eigenvalue weighted by Gasteiger charge is 1.98. The number of benzene rings is 1. The number of unbranched alkanes of at least 4 members (excludes halogenated alkanes) is 9. The maximum atomic E-state index is 5.65. The zero-order chi connectivity index (χ0) is 15.9. The molecule has 0 fully saturated rings. The summed E-state index contributed by atoms with van der Waals surface area (Å²) in [6.45, 7) is 2.27. The molecule has 0 amide bonds. The maximum Gasteiger partial charge on any atom is 0.141 e. The van der Waals surface area contributed by atoms with Crippen molar-refractivity contribution in [1.29, 1.82) is 0 Å². The molecule has 2 nitrogen and oxygen atoms in total. The van der Waals surface area contributed by atoms with Crippen LogP contribution in [-0.4, -0.2) is 12.9 Å². The first kappa shape index (κ1) is 19.2. The van der Waals surface area contributed by atoms with Crippen molar-refractivity contribution in [3.8, 4) is 11.5 Å².